The molecule has 0 amide bonds. The monoisotopic (exact) mass is 274 g/mol. The molecule has 0 fully saturated rings. The molecule has 19 heavy (non-hydrogen) atoms. The van der Waals surface area contributed by atoms with Crippen molar-refractivity contribution < 1.29 is 58.6 Å². The Morgan fingerprint density at radius 1 is 1.53 bits per heavy atom. The molecule has 0 saturated heterocycles. The van der Waals surface area contributed by atoms with Gasteiger partial charge in [-0.15, -0.1) is 0 Å². The fourth-order valence-electron chi connectivity index (χ4n) is 1.65. The fourth-order valence-corrected chi connectivity index (χ4v) is 1.65. The van der Waals surface area contributed by atoms with Gasteiger partial charge < -0.3 is 29.1 Å². The minimum Gasteiger partial charge on any atom is -0.545 e. The van der Waals surface area contributed by atoms with Gasteiger partial charge in [-0.3, -0.25) is 0 Å². The largest absolute Gasteiger partial charge is 1.00 e. The van der Waals surface area contributed by atoms with Gasteiger partial charge in [0.25, 0.3) is 0 Å². The Balaban J connectivity index is 0.00000180. The van der Waals surface area contributed by atoms with Crippen LogP contribution in [0.5, 0.6) is 17.2 Å². The Morgan fingerprint density at radius 2 is 2.21 bits per heavy atom. The summed E-state index contributed by atoms with van der Waals surface area (Å²) in [4.78, 5) is 11.2. The molecule has 1 aromatic rings. The molecule has 1 N–H and O–H groups in total. The van der Waals surface area contributed by atoms with Gasteiger partial charge in [-0.25, -0.2) is 0 Å². The Labute approximate surface area is 133 Å². The van der Waals surface area contributed by atoms with E-state index in [2.05, 4.69) is 0 Å². The first-order valence-electron chi connectivity index (χ1n) is 5.51. The van der Waals surface area contributed by atoms with Crippen LogP contribution in [0.1, 0.15) is 24.2 Å². The SMILES string of the molecule is CC(C)Oc1ccc2c(c1C(=O)[O-])OB(O)CO2.[Na+]. The first kappa shape index (κ1) is 16.2. The summed E-state index contributed by atoms with van der Waals surface area (Å²) in [6.07, 6.45) is -0.199. The summed E-state index contributed by atoms with van der Waals surface area (Å²) in [5, 5.41) is 20.5. The molecule has 1 aliphatic rings. The fraction of sp³-hybridized carbons (Fsp3) is 0.364. The van der Waals surface area contributed by atoms with E-state index in [1.165, 1.54) is 12.1 Å². The third-order valence-corrected chi connectivity index (χ3v) is 2.29. The predicted molar refractivity (Wildman–Crippen MR) is 60.6 cm³/mol. The summed E-state index contributed by atoms with van der Waals surface area (Å²) in [7, 11) is -1.20. The average molecular weight is 274 g/mol. The van der Waals surface area contributed by atoms with Crippen LogP contribution in [-0.4, -0.2) is 30.7 Å². The van der Waals surface area contributed by atoms with Gasteiger partial charge in [0.05, 0.1) is 17.6 Å². The van der Waals surface area contributed by atoms with Gasteiger partial charge in [-0.1, -0.05) is 0 Å². The van der Waals surface area contributed by atoms with Crippen molar-refractivity contribution in [2.24, 2.45) is 0 Å². The molecule has 0 bridgehead atoms. The maximum atomic E-state index is 11.2. The van der Waals surface area contributed by atoms with E-state index < -0.39 is 13.1 Å². The standard InChI is InChI=1S/C11H13BO6.Na/c1-6(2)17-7-3-4-8-10(9(7)11(13)14)18-12(15)5-16-8;/h3-4,6,15H,5H2,1-2H3,(H,13,14);/q;+1/p-1. The summed E-state index contributed by atoms with van der Waals surface area (Å²) >= 11 is 0. The van der Waals surface area contributed by atoms with Crippen LogP contribution in [0.4, 0.5) is 0 Å². The summed E-state index contributed by atoms with van der Waals surface area (Å²) < 4.78 is 15.6. The van der Waals surface area contributed by atoms with Crippen LogP contribution in [0.3, 0.4) is 0 Å². The van der Waals surface area contributed by atoms with E-state index >= 15 is 0 Å². The maximum Gasteiger partial charge on any atom is 1.00 e. The Kier molecular flexibility index (Phi) is 5.55. The zero-order valence-corrected chi connectivity index (χ0v) is 13.0. The van der Waals surface area contributed by atoms with Crippen molar-refractivity contribution in [2.75, 3.05) is 6.51 Å². The van der Waals surface area contributed by atoms with Crippen LogP contribution in [0, 0.1) is 0 Å². The molecule has 1 aromatic carbocycles. The molecule has 0 radical (unpaired) electrons. The predicted octanol–water partition coefficient (Wildman–Crippen LogP) is -3.37. The van der Waals surface area contributed by atoms with E-state index in [1.54, 1.807) is 13.8 Å². The summed E-state index contributed by atoms with van der Waals surface area (Å²) in [5.74, 6) is -1.14. The van der Waals surface area contributed by atoms with E-state index in [9.17, 15) is 14.9 Å². The molecule has 1 aliphatic heterocycles. The summed E-state index contributed by atoms with van der Waals surface area (Å²) in [5.41, 5.74) is -0.250. The summed E-state index contributed by atoms with van der Waals surface area (Å²) in [6.45, 7) is 3.49. The number of ether oxygens (including phenoxy) is 2. The second kappa shape index (κ2) is 6.52. The van der Waals surface area contributed by atoms with Gasteiger partial charge in [0.2, 0.25) is 0 Å². The number of aromatic carboxylic acids is 1. The number of rotatable bonds is 3. The van der Waals surface area contributed by atoms with Crippen molar-refractivity contribution in [2.45, 2.75) is 20.0 Å². The normalized spacial score (nSPS) is 12.9. The molecule has 0 aliphatic carbocycles. The molecule has 0 aromatic heterocycles. The smallest absolute Gasteiger partial charge is 0.545 e. The molecule has 0 atom stereocenters. The second-order valence-electron chi connectivity index (χ2n) is 4.10. The number of carboxylic acids is 1. The van der Waals surface area contributed by atoms with Gasteiger partial charge in [0, 0.05) is 0 Å². The van der Waals surface area contributed by atoms with Crippen LogP contribution >= 0.6 is 0 Å². The van der Waals surface area contributed by atoms with Crippen molar-refractivity contribution in [3.63, 3.8) is 0 Å². The average Bonchev–Trinajstić information content (AvgIpc) is 2.26. The molecule has 0 spiro atoms. The first-order chi connectivity index (χ1) is 8.49. The van der Waals surface area contributed by atoms with Crippen molar-refractivity contribution in [3.8, 4) is 17.2 Å². The van der Waals surface area contributed by atoms with Crippen LogP contribution < -0.4 is 48.8 Å². The molecular formula is C11H12BNaO6. The number of hydrogen-bond acceptors (Lipinski definition) is 6. The van der Waals surface area contributed by atoms with Crippen LogP contribution in [-0.2, 0) is 0 Å². The van der Waals surface area contributed by atoms with Gasteiger partial charge in [0.15, 0.2) is 11.5 Å². The zero-order chi connectivity index (χ0) is 13.3. The number of carbonyl (C=O) groups excluding carboxylic acids is 1. The van der Waals surface area contributed by atoms with Crippen LogP contribution in [0.2, 0.25) is 0 Å². The van der Waals surface area contributed by atoms with Gasteiger partial charge in [0.1, 0.15) is 12.3 Å². The van der Waals surface area contributed by atoms with E-state index in [-0.39, 0.29) is 65.0 Å². The number of benzene rings is 1. The molecule has 0 unspecified atom stereocenters. The Morgan fingerprint density at radius 3 is 2.79 bits per heavy atom. The van der Waals surface area contributed by atoms with Crippen molar-refractivity contribution in [1.82, 2.24) is 0 Å². The van der Waals surface area contributed by atoms with Gasteiger partial charge in [-0.2, -0.15) is 0 Å². The molecule has 6 nitrogen and oxygen atoms in total. The molecule has 8 heteroatoms. The van der Waals surface area contributed by atoms with E-state index in [1.807, 2.05) is 0 Å². The maximum absolute atomic E-state index is 11.2. The van der Waals surface area contributed by atoms with Crippen LogP contribution in [0.15, 0.2) is 12.1 Å². The van der Waals surface area contributed by atoms with E-state index in [0.717, 1.165) is 0 Å². The number of carboxylic acid groups (broad SMARTS) is 1. The van der Waals surface area contributed by atoms with E-state index in [0.29, 0.717) is 0 Å². The second-order valence-corrected chi connectivity index (χ2v) is 4.10. The molecule has 0 saturated carbocycles. The minimum atomic E-state index is -1.44. The Hall–Kier alpha value is -0.885. The summed E-state index contributed by atoms with van der Waals surface area (Å²) in [6, 6.07) is 3.01. The number of fused-ring (bicyclic) bond motifs is 1. The van der Waals surface area contributed by atoms with Crippen molar-refractivity contribution >= 4 is 13.1 Å². The van der Waals surface area contributed by atoms with Gasteiger partial charge >= 0.3 is 36.7 Å². The van der Waals surface area contributed by atoms with Crippen molar-refractivity contribution in [1.29, 1.82) is 0 Å². The first-order valence-corrected chi connectivity index (χ1v) is 5.51. The van der Waals surface area contributed by atoms with E-state index in [4.69, 9.17) is 14.1 Å². The minimum absolute atomic E-state index is 0. The molecule has 2 rings (SSSR count). The zero-order valence-electron chi connectivity index (χ0n) is 11.0. The molecular weight excluding hydrogens is 262 g/mol. The number of hydrogen-bond donors (Lipinski definition) is 1. The molecule has 96 valence electrons. The van der Waals surface area contributed by atoms with Crippen LogP contribution in [0.25, 0.3) is 0 Å². The molecule has 1 heterocycles. The quantitative estimate of drug-likeness (QED) is 0.579. The topological polar surface area (TPSA) is 88.1 Å². The van der Waals surface area contributed by atoms with Gasteiger partial charge in [-0.05, 0) is 26.0 Å². The third kappa shape index (κ3) is 3.57. The third-order valence-electron chi connectivity index (χ3n) is 2.29. The Bertz CT molecular complexity index is 478. The van der Waals surface area contributed by atoms with Crippen molar-refractivity contribution in [3.05, 3.63) is 17.7 Å². The number of carbonyl (C=O) groups is 1.